The van der Waals surface area contributed by atoms with Crippen LogP contribution in [-0.4, -0.2) is 52.4 Å². The summed E-state index contributed by atoms with van der Waals surface area (Å²) in [6, 6.07) is 6.56. The molecule has 2 unspecified atom stereocenters. The molecule has 12 heteroatoms. The summed E-state index contributed by atoms with van der Waals surface area (Å²) in [7, 11) is 0. The summed E-state index contributed by atoms with van der Waals surface area (Å²) < 4.78 is 37.8. The van der Waals surface area contributed by atoms with E-state index in [-0.39, 0.29) is 5.95 Å². The summed E-state index contributed by atoms with van der Waals surface area (Å²) in [6.07, 6.45) is -2.67. The number of aromatic nitrogens is 2. The highest BCUT2D eigenvalue weighted by Crippen LogP contribution is 2.36. The van der Waals surface area contributed by atoms with E-state index in [4.69, 9.17) is 31.7 Å². The van der Waals surface area contributed by atoms with Gasteiger partial charge in [-0.2, -0.15) is 18.2 Å². The number of halogens is 4. The predicted molar refractivity (Wildman–Crippen MR) is 105 cm³/mol. The number of carboxylic acids is 1. The molecule has 2 aliphatic heterocycles. The smallest absolute Gasteiger partial charge is 0.475 e. The number of rotatable bonds is 1. The van der Waals surface area contributed by atoms with E-state index in [1.54, 1.807) is 0 Å². The van der Waals surface area contributed by atoms with Crippen molar-refractivity contribution < 1.29 is 27.5 Å². The summed E-state index contributed by atoms with van der Waals surface area (Å²) in [5, 5.41) is 12.3. The van der Waals surface area contributed by atoms with Crippen LogP contribution in [0.2, 0.25) is 5.02 Å². The first-order chi connectivity index (χ1) is 14.1. The molecule has 2 bridgehead atoms. The van der Waals surface area contributed by atoms with Crippen molar-refractivity contribution in [2.45, 2.75) is 31.1 Å². The Bertz CT molecular complexity index is 1110. The number of benzene rings is 1. The summed E-state index contributed by atoms with van der Waals surface area (Å²) in [4.78, 5) is 20.0. The summed E-state index contributed by atoms with van der Waals surface area (Å²) in [6.45, 7) is 1.83. The largest absolute Gasteiger partial charge is 0.490 e. The molecule has 4 N–H and O–H groups in total. The molecule has 0 radical (unpaired) electrons. The maximum atomic E-state index is 10.6. The molecular formula is C18H17ClF3N5O3. The SMILES string of the molecule is Nc1nc(N2CC3CCC(C2)N3)c2oc3ccc(Cl)cc3c2n1.O=C(O)C(F)(F)F. The Kier molecular flexibility index (Phi) is 5.10. The number of piperazine rings is 1. The number of nitrogen functional groups attached to an aromatic ring is 1. The lowest BCUT2D eigenvalue weighted by molar-refractivity contribution is -0.192. The van der Waals surface area contributed by atoms with Gasteiger partial charge >= 0.3 is 12.1 Å². The Hall–Kier alpha value is -2.79. The molecule has 8 nitrogen and oxygen atoms in total. The number of hydrogen-bond acceptors (Lipinski definition) is 7. The topological polar surface area (TPSA) is 118 Å². The van der Waals surface area contributed by atoms with Crippen molar-refractivity contribution in [2.75, 3.05) is 23.7 Å². The van der Waals surface area contributed by atoms with Crippen molar-refractivity contribution in [2.24, 2.45) is 0 Å². The zero-order valence-corrected chi connectivity index (χ0v) is 16.2. The van der Waals surface area contributed by atoms with Crippen LogP contribution in [0, 0.1) is 0 Å². The summed E-state index contributed by atoms with van der Waals surface area (Å²) >= 11 is 6.12. The average Bonchev–Trinajstić information content (AvgIpc) is 3.20. The number of aliphatic carboxylic acids is 1. The zero-order chi connectivity index (χ0) is 21.6. The van der Waals surface area contributed by atoms with Gasteiger partial charge in [-0.05, 0) is 31.0 Å². The molecule has 0 aliphatic carbocycles. The van der Waals surface area contributed by atoms with Crippen LogP contribution in [0.15, 0.2) is 22.6 Å². The Morgan fingerprint density at radius 2 is 1.90 bits per heavy atom. The number of hydrogen-bond donors (Lipinski definition) is 3. The van der Waals surface area contributed by atoms with Crippen LogP contribution in [0.3, 0.4) is 0 Å². The molecule has 2 atom stereocenters. The van der Waals surface area contributed by atoms with Crippen LogP contribution in [0.5, 0.6) is 0 Å². The third-order valence-corrected chi connectivity index (χ3v) is 5.27. The van der Waals surface area contributed by atoms with Crippen molar-refractivity contribution in [3.05, 3.63) is 23.2 Å². The molecule has 160 valence electrons. The maximum absolute atomic E-state index is 10.6. The fourth-order valence-corrected chi connectivity index (χ4v) is 3.97. The molecule has 0 spiro atoms. The van der Waals surface area contributed by atoms with E-state index in [9.17, 15) is 13.2 Å². The molecule has 4 heterocycles. The second-order valence-corrected chi connectivity index (χ2v) is 7.61. The Balaban J connectivity index is 0.000000272. The minimum Gasteiger partial charge on any atom is -0.475 e. The lowest BCUT2D eigenvalue weighted by atomic mass is 10.2. The van der Waals surface area contributed by atoms with Crippen molar-refractivity contribution in [1.29, 1.82) is 0 Å². The van der Waals surface area contributed by atoms with Gasteiger partial charge in [-0.1, -0.05) is 11.6 Å². The van der Waals surface area contributed by atoms with E-state index >= 15 is 0 Å². The fraction of sp³-hybridized carbons (Fsp3) is 0.389. The van der Waals surface area contributed by atoms with E-state index in [1.165, 1.54) is 12.8 Å². The lowest BCUT2D eigenvalue weighted by Gasteiger charge is -2.33. The molecule has 3 aromatic rings. The van der Waals surface area contributed by atoms with E-state index in [0.717, 1.165) is 35.4 Å². The zero-order valence-electron chi connectivity index (χ0n) is 15.4. The van der Waals surface area contributed by atoms with Gasteiger partial charge in [-0.25, -0.2) is 9.78 Å². The highest BCUT2D eigenvalue weighted by atomic mass is 35.5. The molecule has 0 amide bonds. The van der Waals surface area contributed by atoms with Gasteiger partial charge in [0.15, 0.2) is 11.4 Å². The maximum Gasteiger partial charge on any atom is 0.490 e. The van der Waals surface area contributed by atoms with Crippen LogP contribution in [-0.2, 0) is 4.79 Å². The molecule has 0 saturated carbocycles. The summed E-state index contributed by atoms with van der Waals surface area (Å²) in [5.41, 5.74) is 8.14. The number of nitrogens with zero attached hydrogens (tertiary/aromatic N) is 3. The van der Waals surface area contributed by atoms with Gasteiger partial charge in [-0.15, -0.1) is 0 Å². The fourth-order valence-electron chi connectivity index (χ4n) is 3.80. The van der Waals surface area contributed by atoms with Crippen molar-refractivity contribution >= 4 is 51.4 Å². The number of carbonyl (C=O) groups is 1. The number of nitrogens with two attached hydrogens (primary N) is 1. The Morgan fingerprint density at radius 1 is 1.27 bits per heavy atom. The molecule has 5 rings (SSSR count). The van der Waals surface area contributed by atoms with E-state index < -0.39 is 12.1 Å². The first kappa shape index (κ1) is 20.5. The molecule has 2 aromatic heterocycles. The molecule has 2 saturated heterocycles. The van der Waals surface area contributed by atoms with Crippen LogP contribution in [0.4, 0.5) is 24.9 Å². The number of carboxylic acid groups (broad SMARTS) is 1. The monoisotopic (exact) mass is 443 g/mol. The highest BCUT2D eigenvalue weighted by Gasteiger charge is 2.38. The number of fused-ring (bicyclic) bond motifs is 5. The number of furan rings is 1. The van der Waals surface area contributed by atoms with Gasteiger partial charge in [0, 0.05) is 35.6 Å². The van der Waals surface area contributed by atoms with E-state index in [1.807, 2.05) is 18.2 Å². The van der Waals surface area contributed by atoms with Crippen molar-refractivity contribution in [3.8, 4) is 0 Å². The quantitative estimate of drug-likeness (QED) is 0.525. The van der Waals surface area contributed by atoms with Crippen molar-refractivity contribution in [3.63, 3.8) is 0 Å². The minimum absolute atomic E-state index is 0.265. The number of anilines is 2. The molecule has 2 fully saturated rings. The average molecular weight is 444 g/mol. The Labute approximate surface area is 172 Å². The van der Waals surface area contributed by atoms with Crippen molar-refractivity contribution in [1.82, 2.24) is 15.3 Å². The predicted octanol–water partition coefficient (Wildman–Crippen LogP) is 3.19. The highest BCUT2D eigenvalue weighted by molar-refractivity contribution is 6.31. The Morgan fingerprint density at radius 3 is 2.50 bits per heavy atom. The van der Waals surface area contributed by atoms with Gasteiger partial charge in [0.05, 0.1) is 0 Å². The standard InChI is InChI=1S/C16H16ClN5O.C2HF3O2/c17-8-1-4-12-11(5-8)13-14(23-12)15(21-16(18)20-13)22-6-9-2-3-10(7-22)19-9;3-2(4,5)1(6)7/h1,4-5,9-10,19H,2-3,6-7H2,(H2,18,20,21);(H,6,7). The first-order valence-corrected chi connectivity index (χ1v) is 9.46. The van der Waals surface area contributed by atoms with Crippen LogP contribution in [0.25, 0.3) is 22.1 Å². The first-order valence-electron chi connectivity index (χ1n) is 9.08. The van der Waals surface area contributed by atoms with Crippen LogP contribution >= 0.6 is 11.6 Å². The second kappa shape index (κ2) is 7.47. The second-order valence-electron chi connectivity index (χ2n) is 7.17. The van der Waals surface area contributed by atoms with Gasteiger partial charge in [0.1, 0.15) is 11.1 Å². The van der Waals surface area contributed by atoms with Gasteiger partial charge in [0.25, 0.3) is 0 Å². The van der Waals surface area contributed by atoms with Gasteiger partial charge in [-0.3, -0.25) is 0 Å². The number of nitrogens with one attached hydrogen (secondary N) is 1. The molecule has 2 aliphatic rings. The molecule has 1 aromatic carbocycles. The normalized spacial score (nSPS) is 21.0. The van der Waals surface area contributed by atoms with E-state index in [2.05, 4.69) is 20.2 Å². The third kappa shape index (κ3) is 3.94. The van der Waals surface area contributed by atoms with Gasteiger partial charge in [0.2, 0.25) is 5.95 Å². The van der Waals surface area contributed by atoms with Gasteiger partial charge < -0.3 is 25.5 Å². The van der Waals surface area contributed by atoms with Crippen LogP contribution in [0.1, 0.15) is 12.8 Å². The van der Waals surface area contributed by atoms with Crippen LogP contribution < -0.4 is 16.0 Å². The van der Waals surface area contributed by atoms with E-state index in [0.29, 0.717) is 22.7 Å². The summed E-state index contributed by atoms with van der Waals surface area (Å²) in [5.74, 6) is -1.70. The minimum atomic E-state index is -5.08. The third-order valence-electron chi connectivity index (χ3n) is 5.03. The number of alkyl halides is 3. The molecular weight excluding hydrogens is 427 g/mol. The molecule has 30 heavy (non-hydrogen) atoms. The lowest BCUT2D eigenvalue weighted by Crippen LogP contribution is -2.51.